The zero-order valence-corrected chi connectivity index (χ0v) is 12.8. The van der Waals surface area contributed by atoms with Crippen molar-refractivity contribution in [1.29, 1.82) is 0 Å². The van der Waals surface area contributed by atoms with E-state index in [2.05, 4.69) is 27.5 Å². The number of anilines is 3. The second kappa shape index (κ2) is 6.57. The third kappa shape index (κ3) is 3.84. The Labute approximate surface area is 124 Å². The van der Waals surface area contributed by atoms with E-state index >= 15 is 0 Å². The van der Waals surface area contributed by atoms with E-state index in [1.54, 1.807) is 0 Å². The number of halogens is 1. The van der Waals surface area contributed by atoms with Gasteiger partial charge in [-0.15, -0.1) is 0 Å². The molecule has 0 bridgehead atoms. The topological polar surface area (TPSA) is 49.8 Å². The molecule has 1 aromatic heterocycles. The monoisotopic (exact) mass is 290 g/mol. The average Bonchev–Trinajstić information content (AvgIpc) is 2.39. The molecular formula is C15H19ClN4. The quantitative estimate of drug-likeness (QED) is 0.861. The van der Waals surface area contributed by atoms with Gasteiger partial charge in [0, 0.05) is 12.6 Å². The molecule has 0 aliphatic carbocycles. The highest BCUT2D eigenvalue weighted by Gasteiger charge is 2.05. The molecule has 5 heteroatoms. The first-order valence-electron chi connectivity index (χ1n) is 6.71. The van der Waals surface area contributed by atoms with E-state index in [0.29, 0.717) is 5.02 Å². The lowest BCUT2D eigenvalue weighted by atomic mass is 10.2. The van der Waals surface area contributed by atoms with Crippen molar-refractivity contribution in [1.82, 2.24) is 9.97 Å². The molecule has 0 amide bonds. The van der Waals surface area contributed by atoms with E-state index in [1.807, 2.05) is 38.1 Å². The maximum Gasteiger partial charge on any atom is 0.136 e. The van der Waals surface area contributed by atoms with Crippen molar-refractivity contribution < 1.29 is 0 Å². The summed E-state index contributed by atoms with van der Waals surface area (Å²) in [6.45, 7) is 6.89. The van der Waals surface area contributed by atoms with Crippen LogP contribution in [-0.4, -0.2) is 16.5 Å². The minimum absolute atomic E-state index is 0.685. The molecule has 0 aliphatic rings. The lowest BCUT2D eigenvalue weighted by Crippen LogP contribution is -2.05. The van der Waals surface area contributed by atoms with Crippen LogP contribution in [-0.2, 0) is 0 Å². The Bertz CT molecular complexity index is 598. The van der Waals surface area contributed by atoms with Crippen LogP contribution >= 0.6 is 11.6 Å². The van der Waals surface area contributed by atoms with Gasteiger partial charge in [-0.2, -0.15) is 0 Å². The van der Waals surface area contributed by atoms with Crippen LogP contribution in [0.3, 0.4) is 0 Å². The summed E-state index contributed by atoms with van der Waals surface area (Å²) in [4.78, 5) is 8.73. The number of hydrogen-bond donors (Lipinski definition) is 2. The zero-order chi connectivity index (χ0) is 14.5. The number of rotatable bonds is 5. The number of nitrogens with zero attached hydrogens (tertiary/aromatic N) is 2. The molecule has 2 rings (SSSR count). The summed E-state index contributed by atoms with van der Waals surface area (Å²) in [7, 11) is 0. The van der Waals surface area contributed by atoms with Gasteiger partial charge in [0.05, 0.1) is 10.7 Å². The lowest BCUT2D eigenvalue weighted by molar-refractivity contribution is 0.955. The van der Waals surface area contributed by atoms with Crippen molar-refractivity contribution in [3.63, 3.8) is 0 Å². The van der Waals surface area contributed by atoms with E-state index < -0.39 is 0 Å². The van der Waals surface area contributed by atoms with Gasteiger partial charge in [0.25, 0.3) is 0 Å². The smallest absolute Gasteiger partial charge is 0.136 e. The molecule has 2 N–H and O–H groups in total. The van der Waals surface area contributed by atoms with Crippen LogP contribution in [0.5, 0.6) is 0 Å². The number of nitrogens with one attached hydrogen (secondary N) is 2. The van der Waals surface area contributed by atoms with E-state index in [0.717, 1.165) is 41.7 Å². The van der Waals surface area contributed by atoms with Gasteiger partial charge >= 0.3 is 0 Å². The third-order valence-electron chi connectivity index (χ3n) is 2.78. The number of benzene rings is 1. The molecule has 4 nitrogen and oxygen atoms in total. The second-order valence-corrected chi connectivity index (χ2v) is 5.13. The lowest BCUT2D eigenvalue weighted by Gasteiger charge is -2.11. The summed E-state index contributed by atoms with van der Waals surface area (Å²) < 4.78 is 0. The Hall–Kier alpha value is -1.81. The fraction of sp³-hybridized carbons (Fsp3) is 0.333. The Morgan fingerprint density at radius 3 is 2.55 bits per heavy atom. The second-order valence-electron chi connectivity index (χ2n) is 4.72. The Kier molecular flexibility index (Phi) is 4.79. The number of hydrogen-bond acceptors (Lipinski definition) is 4. The predicted molar refractivity (Wildman–Crippen MR) is 85.0 cm³/mol. The summed E-state index contributed by atoms with van der Waals surface area (Å²) in [5, 5.41) is 7.18. The molecule has 0 saturated carbocycles. The van der Waals surface area contributed by atoms with Crippen molar-refractivity contribution in [2.24, 2.45) is 0 Å². The molecule has 106 valence electrons. The van der Waals surface area contributed by atoms with Gasteiger partial charge in [0.2, 0.25) is 0 Å². The first-order chi connectivity index (χ1) is 9.58. The maximum atomic E-state index is 6.22. The van der Waals surface area contributed by atoms with Gasteiger partial charge in [0.1, 0.15) is 17.5 Å². The molecule has 0 spiro atoms. The van der Waals surface area contributed by atoms with E-state index in [-0.39, 0.29) is 0 Å². The molecular weight excluding hydrogens is 272 g/mol. The van der Waals surface area contributed by atoms with E-state index in [9.17, 15) is 0 Å². The number of aromatic nitrogens is 2. The first kappa shape index (κ1) is 14.6. The minimum Gasteiger partial charge on any atom is -0.370 e. The normalized spacial score (nSPS) is 10.4. The van der Waals surface area contributed by atoms with Crippen LogP contribution in [0.1, 0.15) is 24.7 Å². The fourth-order valence-electron chi connectivity index (χ4n) is 1.83. The molecule has 0 aliphatic heterocycles. The van der Waals surface area contributed by atoms with Gasteiger partial charge in [-0.3, -0.25) is 0 Å². The van der Waals surface area contributed by atoms with Gasteiger partial charge in [-0.25, -0.2) is 9.97 Å². The maximum absolute atomic E-state index is 6.22. The highest BCUT2D eigenvalue weighted by Crippen LogP contribution is 2.26. The summed E-state index contributed by atoms with van der Waals surface area (Å²) in [5.41, 5.74) is 1.97. The van der Waals surface area contributed by atoms with Crippen molar-refractivity contribution in [2.75, 3.05) is 17.2 Å². The van der Waals surface area contributed by atoms with Crippen LogP contribution in [0.2, 0.25) is 5.02 Å². The van der Waals surface area contributed by atoms with E-state index in [4.69, 9.17) is 11.6 Å². The van der Waals surface area contributed by atoms with E-state index in [1.165, 1.54) is 0 Å². The summed E-state index contributed by atoms with van der Waals surface area (Å²) >= 11 is 6.22. The van der Waals surface area contributed by atoms with Gasteiger partial charge in [0.15, 0.2) is 0 Å². The van der Waals surface area contributed by atoms with Crippen molar-refractivity contribution in [3.05, 3.63) is 40.7 Å². The minimum atomic E-state index is 0.685. The molecule has 20 heavy (non-hydrogen) atoms. The molecule has 0 saturated heterocycles. The number of aryl methyl sites for hydroxylation is 2. The Morgan fingerprint density at radius 2 is 1.85 bits per heavy atom. The van der Waals surface area contributed by atoms with Crippen molar-refractivity contribution in [3.8, 4) is 0 Å². The van der Waals surface area contributed by atoms with Crippen molar-refractivity contribution >= 4 is 28.9 Å². The summed E-state index contributed by atoms with van der Waals surface area (Å²) in [6, 6.07) is 7.78. The van der Waals surface area contributed by atoms with Crippen molar-refractivity contribution in [2.45, 2.75) is 27.2 Å². The fourth-order valence-corrected chi connectivity index (χ4v) is 2.12. The summed E-state index contributed by atoms with van der Waals surface area (Å²) in [5.74, 6) is 2.28. The first-order valence-corrected chi connectivity index (χ1v) is 7.09. The van der Waals surface area contributed by atoms with Crippen LogP contribution in [0.15, 0.2) is 24.3 Å². The van der Waals surface area contributed by atoms with Gasteiger partial charge < -0.3 is 10.6 Å². The molecule has 0 fully saturated rings. The average molecular weight is 291 g/mol. The van der Waals surface area contributed by atoms with Crippen LogP contribution in [0.4, 0.5) is 17.3 Å². The molecule has 0 unspecified atom stereocenters. The Balaban J connectivity index is 2.21. The SMILES string of the molecule is CCCNc1cc(Nc2ccc(C)cc2Cl)nc(C)n1. The predicted octanol–water partition coefficient (Wildman–Crippen LogP) is 4.31. The molecule has 1 aromatic carbocycles. The molecule has 0 atom stereocenters. The van der Waals surface area contributed by atoms with Crippen LogP contribution in [0, 0.1) is 13.8 Å². The van der Waals surface area contributed by atoms with Crippen LogP contribution < -0.4 is 10.6 Å². The third-order valence-corrected chi connectivity index (χ3v) is 3.09. The largest absolute Gasteiger partial charge is 0.370 e. The highest BCUT2D eigenvalue weighted by atomic mass is 35.5. The Morgan fingerprint density at radius 1 is 1.10 bits per heavy atom. The highest BCUT2D eigenvalue weighted by molar-refractivity contribution is 6.33. The molecule has 1 heterocycles. The zero-order valence-electron chi connectivity index (χ0n) is 12.0. The molecule has 2 aromatic rings. The standard InChI is InChI=1S/C15H19ClN4/c1-4-7-17-14-9-15(19-11(3)18-14)20-13-6-5-10(2)8-12(13)16/h5-6,8-9H,4,7H2,1-3H3,(H2,17,18,19,20). The molecule has 0 radical (unpaired) electrons. The van der Waals surface area contributed by atoms with Gasteiger partial charge in [-0.1, -0.05) is 24.6 Å². The van der Waals surface area contributed by atoms with Gasteiger partial charge in [-0.05, 0) is 38.0 Å². The van der Waals surface area contributed by atoms with Crippen LogP contribution in [0.25, 0.3) is 0 Å². The summed E-state index contributed by atoms with van der Waals surface area (Å²) in [6.07, 6.45) is 1.05.